The lowest BCUT2D eigenvalue weighted by Gasteiger charge is -2.36. The van der Waals surface area contributed by atoms with Crippen LogP contribution < -0.4 is 0 Å². The largest absolute Gasteiger partial charge is 0.329 e. The summed E-state index contributed by atoms with van der Waals surface area (Å²) < 4.78 is 0. The van der Waals surface area contributed by atoms with Gasteiger partial charge in [0.1, 0.15) is 0 Å². The van der Waals surface area contributed by atoms with Gasteiger partial charge in [-0.3, -0.25) is 9.93 Å². The van der Waals surface area contributed by atoms with Gasteiger partial charge in [-0.25, -0.2) is 0 Å². The molecule has 72 valence electrons. The third-order valence-corrected chi connectivity index (χ3v) is 2.24. The Labute approximate surface area is 77.6 Å². The Morgan fingerprint density at radius 2 is 1.33 bits per heavy atom. The average Bonchev–Trinajstić information content (AvgIpc) is 1.85. The van der Waals surface area contributed by atoms with E-state index in [1.807, 2.05) is 0 Å². The minimum absolute atomic E-state index is 0.240. The minimum atomic E-state index is 0.240. The second kappa shape index (κ2) is 4.26. The summed E-state index contributed by atoms with van der Waals surface area (Å²) in [4.78, 5) is 4.48. The molecule has 0 aliphatic rings. The van der Waals surface area contributed by atoms with Crippen LogP contribution in [0.25, 0.3) is 0 Å². The van der Waals surface area contributed by atoms with E-state index >= 15 is 0 Å². The number of hydrogen-bond donors (Lipinski definition) is 0. The summed E-state index contributed by atoms with van der Waals surface area (Å²) in [6.45, 7) is 6.66. The highest BCUT2D eigenvalue weighted by Gasteiger charge is 2.19. The van der Waals surface area contributed by atoms with Gasteiger partial charge in [0.2, 0.25) is 0 Å². The van der Waals surface area contributed by atoms with Crippen LogP contribution in [0.5, 0.6) is 0 Å². The lowest BCUT2D eigenvalue weighted by Crippen LogP contribution is -2.50. The highest BCUT2D eigenvalue weighted by molar-refractivity contribution is 6.28. The van der Waals surface area contributed by atoms with Crippen molar-refractivity contribution in [3.63, 3.8) is 0 Å². The van der Waals surface area contributed by atoms with Crippen molar-refractivity contribution in [1.82, 2.24) is 14.7 Å². The zero-order valence-electron chi connectivity index (χ0n) is 9.55. The maximum absolute atomic E-state index is 2.31. The van der Waals surface area contributed by atoms with Crippen molar-refractivity contribution in [3.8, 4) is 0 Å². The van der Waals surface area contributed by atoms with E-state index in [0.717, 1.165) is 7.55 Å². The minimum Gasteiger partial charge on any atom is -0.329 e. The summed E-state index contributed by atoms with van der Waals surface area (Å²) in [7, 11) is 9.28. The fourth-order valence-electron chi connectivity index (χ4n) is 0.646. The molecule has 0 rings (SSSR count). The second-order valence-corrected chi connectivity index (χ2v) is 4.52. The summed E-state index contributed by atoms with van der Waals surface area (Å²) in [5.41, 5.74) is 0.240. The predicted molar refractivity (Wildman–Crippen MR) is 56.1 cm³/mol. The van der Waals surface area contributed by atoms with Crippen molar-refractivity contribution >= 4 is 7.55 Å². The molecule has 0 aromatic carbocycles. The number of hydrogen-bond acceptors (Lipinski definition) is 3. The van der Waals surface area contributed by atoms with Crippen LogP contribution in [0.15, 0.2) is 0 Å². The number of nitrogens with zero attached hydrogens (tertiary/aromatic N) is 3. The molecule has 0 radical (unpaired) electrons. The molecule has 0 spiro atoms. The Bertz CT molecular complexity index is 131. The third-order valence-electron chi connectivity index (χ3n) is 2.24. The van der Waals surface area contributed by atoms with E-state index in [1.54, 1.807) is 0 Å². The molecule has 0 fully saturated rings. The number of hydrazine groups is 1. The Morgan fingerprint density at radius 1 is 0.917 bits per heavy atom. The molecule has 0 saturated carbocycles. The molecule has 0 aliphatic heterocycles. The van der Waals surface area contributed by atoms with Crippen molar-refractivity contribution in [3.05, 3.63) is 0 Å². The van der Waals surface area contributed by atoms with E-state index in [2.05, 4.69) is 63.7 Å². The zero-order valence-corrected chi connectivity index (χ0v) is 9.55. The molecular weight excluding hydrogens is 149 g/mol. The summed E-state index contributed by atoms with van der Waals surface area (Å²) in [6, 6.07) is 0. The smallest absolute Gasteiger partial charge is 0.306 e. The first-order valence-electron chi connectivity index (χ1n) is 4.34. The Kier molecular flexibility index (Phi) is 4.24. The van der Waals surface area contributed by atoms with Crippen LogP contribution in [0.2, 0.25) is 0 Å². The molecule has 3 nitrogen and oxygen atoms in total. The molecule has 0 unspecified atom stereocenters. The molecule has 0 aromatic rings. The van der Waals surface area contributed by atoms with Gasteiger partial charge in [0.25, 0.3) is 0 Å². The van der Waals surface area contributed by atoms with Crippen LogP contribution in [-0.2, 0) is 0 Å². The Morgan fingerprint density at radius 3 is 1.58 bits per heavy atom. The third kappa shape index (κ3) is 4.09. The van der Waals surface area contributed by atoms with E-state index in [9.17, 15) is 0 Å². The van der Waals surface area contributed by atoms with Gasteiger partial charge in [0, 0.05) is 19.6 Å². The summed E-state index contributed by atoms with van der Waals surface area (Å²) in [6.07, 6.45) is 0. The normalized spacial score (nSPS) is 13.2. The van der Waals surface area contributed by atoms with Gasteiger partial charge in [-0.1, -0.05) is 0 Å². The number of rotatable bonds is 3. The first-order valence-corrected chi connectivity index (χ1v) is 4.34. The van der Waals surface area contributed by atoms with Crippen molar-refractivity contribution in [2.75, 3.05) is 28.2 Å². The molecule has 0 aromatic heterocycles. The first-order chi connectivity index (χ1) is 5.25. The highest BCUT2D eigenvalue weighted by Crippen LogP contribution is 2.08. The quantitative estimate of drug-likeness (QED) is 0.449. The van der Waals surface area contributed by atoms with Gasteiger partial charge in [0.05, 0.1) is 0 Å². The SMILES string of the molecule is CN(C)N(C)BN(C)C(C)(C)C. The monoisotopic (exact) mass is 171 g/mol. The van der Waals surface area contributed by atoms with Crippen molar-refractivity contribution in [2.24, 2.45) is 0 Å². The summed E-state index contributed by atoms with van der Waals surface area (Å²) >= 11 is 0. The predicted octanol–water partition coefficient (Wildman–Crippen LogP) is 0.392. The Balaban J connectivity index is 3.93. The van der Waals surface area contributed by atoms with E-state index in [0.29, 0.717) is 0 Å². The van der Waals surface area contributed by atoms with Crippen LogP contribution in [0.4, 0.5) is 0 Å². The molecular formula is C8H22BN3. The van der Waals surface area contributed by atoms with Gasteiger partial charge in [-0.2, -0.15) is 0 Å². The van der Waals surface area contributed by atoms with E-state index in [4.69, 9.17) is 0 Å². The first kappa shape index (κ1) is 11.9. The summed E-state index contributed by atoms with van der Waals surface area (Å²) in [5.74, 6) is 0. The molecule has 4 heteroatoms. The van der Waals surface area contributed by atoms with Crippen LogP contribution >= 0.6 is 0 Å². The zero-order chi connectivity index (χ0) is 9.94. The fourth-order valence-corrected chi connectivity index (χ4v) is 0.646. The van der Waals surface area contributed by atoms with Crippen LogP contribution in [0.3, 0.4) is 0 Å². The molecule has 0 bridgehead atoms. The van der Waals surface area contributed by atoms with Crippen molar-refractivity contribution in [1.29, 1.82) is 0 Å². The standard InChI is InChI=1S/C8H22BN3/c1-8(2,3)11(6)9-12(7)10(4)5/h9H,1-7H3. The molecule has 0 amide bonds. The van der Waals surface area contributed by atoms with Crippen molar-refractivity contribution in [2.45, 2.75) is 26.3 Å². The van der Waals surface area contributed by atoms with Gasteiger partial charge < -0.3 is 4.81 Å². The van der Waals surface area contributed by atoms with E-state index in [-0.39, 0.29) is 5.54 Å². The van der Waals surface area contributed by atoms with Gasteiger partial charge in [-0.05, 0) is 34.9 Å². The summed E-state index contributed by atoms with van der Waals surface area (Å²) in [5, 5.41) is 2.09. The topological polar surface area (TPSA) is 9.72 Å². The molecule has 0 atom stereocenters. The highest BCUT2D eigenvalue weighted by atomic mass is 15.6. The molecule has 0 N–H and O–H groups in total. The fraction of sp³-hybridized carbons (Fsp3) is 1.00. The maximum atomic E-state index is 2.31. The van der Waals surface area contributed by atoms with Crippen LogP contribution in [-0.4, -0.2) is 56.0 Å². The van der Waals surface area contributed by atoms with E-state index < -0.39 is 0 Å². The van der Waals surface area contributed by atoms with Gasteiger partial charge in [-0.15, -0.1) is 0 Å². The van der Waals surface area contributed by atoms with Gasteiger partial charge in [0.15, 0.2) is 0 Å². The lowest BCUT2D eigenvalue weighted by molar-refractivity contribution is 0.136. The molecule has 0 heterocycles. The van der Waals surface area contributed by atoms with Crippen LogP contribution in [0.1, 0.15) is 20.8 Å². The lowest BCUT2D eigenvalue weighted by atomic mass is 9.96. The average molecular weight is 171 g/mol. The molecule has 0 saturated heterocycles. The van der Waals surface area contributed by atoms with Gasteiger partial charge >= 0.3 is 7.55 Å². The van der Waals surface area contributed by atoms with Crippen molar-refractivity contribution < 1.29 is 0 Å². The van der Waals surface area contributed by atoms with Crippen LogP contribution in [0, 0.1) is 0 Å². The van der Waals surface area contributed by atoms with E-state index in [1.165, 1.54) is 0 Å². The maximum Gasteiger partial charge on any atom is 0.306 e. The molecule has 12 heavy (non-hydrogen) atoms. The Hall–Kier alpha value is -0.0551. The molecule has 0 aliphatic carbocycles. The second-order valence-electron chi connectivity index (χ2n) is 4.52.